The minimum Gasteiger partial charge on any atom is -0.0616 e. The maximum absolute atomic E-state index is 2.24. The topological polar surface area (TPSA) is 0 Å². The van der Waals surface area contributed by atoms with Crippen LogP contribution in [0.1, 0.15) is 0 Å². The van der Waals surface area contributed by atoms with Gasteiger partial charge in [-0.3, -0.25) is 0 Å². The van der Waals surface area contributed by atoms with Crippen LogP contribution < -0.4 is 0 Å². The van der Waals surface area contributed by atoms with Crippen molar-refractivity contribution in [3.8, 4) is 22.3 Å². The van der Waals surface area contributed by atoms with Gasteiger partial charge in [0, 0.05) is 0 Å². The van der Waals surface area contributed by atoms with Gasteiger partial charge >= 0.3 is 0 Å². The molecule has 7 rings (SSSR count). The Morgan fingerprint density at radius 1 is 0.267 bits per heavy atom. The Hall–Kier alpha value is -3.90. The first-order valence-corrected chi connectivity index (χ1v) is 10.4. The van der Waals surface area contributed by atoms with Crippen molar-refractivity contribution < 1.29 is 0 Å². The van der Waals surface area contributed by atoms with Crippen LogP contribution in [0.3, 0.4) is 0 Å². The fraction of sp³-hybridized carbons (Fsp3) is 0. The Bertz CT molecular complexity index is 1380. The summed E-state index contributed by atoms with van der Waals surface area (Å²) in [7, 11) is 0. The number of hydrogen-bond acceptors (Lipinski definition) is 0. The molecule has 0 atom stereocenters. The Morgan fingerprint density at radius 3 is 1.03 bits per heavy atom. The van der Waals surface area contributed by atoms with Crippen molar-refractivity contribution in [2.75, 3.05) is 0 Å². The number of fused-ring (bicyclic) bond motifs is 5. The zero-order valence-corrected chi connectivity index (χ0v) is 16.5. The Balaban J connectivity index is 0.000000118. The summed E-state index contributed by atoms with van der Waals surface area (Å²) in [6.45, 7) is 0. The third-order valence-corrected chi connectivity index (χ3v) is 6.03. The highest BCUT2D eigenvalue weighted by atomic mass is 14.2. The van der Waals surface area contributed by atoms with Crippen LogP contribution in [0, 0.1) is 0 Å². The van der Waals surface area contributed by atoms with E-state index in [1.54, 1.807) is 0 Å². The molecule has 0 saturated heterocycles. The molecule has 0 aliphatic heterocycles. The lowest BCUT2D eigenvalue weighted by molar-refractivity contribution is 1.70. The standard InChI is InChI=1S/C16H10.C14H10/c1-2-8-13-12(7-1)14-9-3-5-11-6-4-10-15(13)16(11)14;1-2-6-12-10-14-8-4-3-7-13(14)9-11(12)5-1/h1-10H;1-10H. The number of benzene rings is 6. The average Bonchev–Trinajstić information content (AvgIpc) is 3.14. The molecule has 6 aromatic carbocycles. The quantitative estimate of drug-likeness (QED) is 0.231. The SMILES string of the molecule is c1ccc2c(c1)-c1cccc3cccc-2c13.c1ccc2cc3ccccc3cc2c1. The molecule has 0 amide bonds. The second-order valence-corrected chi connectivity index (χ2v) is 7.80. The molecule has 0 spiro atoms. The normalized spacial score (nSPS) is 11.3. The molecular formula is C30H20. The van der Waals surface area contributed by atoms with Gasteiger partial charge in [0.2, 0.25) is 0 Å². The summed E-state index contributed by atoms with van der Waals surface area (Å²) in [5.74, 6) is 0. The molecule has 1 aliphatic rings. The lowest BCUT2D eigenvalue weighted by Crippen LogP contribution is -1.74. The first-order valence-electron chi connectivity index (χ1n) is 10.4. The van der Waals surface area contributed by atoms with Gasteiger partial charge in [0.25, 0.3) is 0 Å². The second kappa shape index (κ2) is 6.86. The molecule has 0 bridgehead atoms. The van der Waals surface area contributed by atoms with Gasteiger partial charge in [0.15, 0.2) is 0 Å². The maximum atomic E-state index is 2.24. The lowest BCUT2D eigenvalue weighted by Gasteiger charge is -2.00. The fourth-order valence-electron chi connectivity index (χ4n) is 4.63. The summed E-state index contributed by atoms with van der Waals surface area (Å²) in [4.78, 5) is 0. The van der Waals surface area contributed by atoms with E-state index < -0.39 is 0 Å². The van der Waals surface area contributed by atoms with E-state index in [0.29, 0.717) is 0 Å². The fourth-order valence-corrected chi connectivity index (χ4v) is 4.63. The number of hydrogen-bond donors (Lipinski definition) is 0. The first kappa shape index (κ1) is 17.0. The highest BCUT2D eigenvalue weighted by Crippen LogP contribution is 2.46. The van der Waals surface area contributed by atoms with Crippen LogP contribution in [0.5, 0.6) is 0 Å². The molecule has 6 aromatic rings. The highest BCUT2D eigenvalue weighted by Gasteiger charge is 2.19. The zero-order valence-electron chi connectivity index (χ0n) is 16.5. The van der Waals surface area contributed by atoms with Gasteiger partial charge in [-0.05, 0) is 66.7 Å². The van der Waals surface area contributed by atoms with Crippen molar-refractivity contribution in [2.24, 2.45) is 0 Å². The monoisotopic (exact) mass is 380 g/mol. The lowest BCUT2D eigenvalue weighted by atomic mass is 10.0. The zero-order chi connectivity index (χ0) is 19.9. The molecule has 1 aliphatic carbocycles. The van der Waals surface area contributed by atoms with Crippen molar-refractivity contribution in [1.82, 2.24) is 0 Å². The molecule has 0 aromatic heterocycles. The summed E-state index contributed by atoms with van der Waals surface area (Å²) in [5, 5.41) is 7.99. The van der Waals surface area contributed by atoms with E-state index in [2.05, 4.69) is 121 Å². The molecule has 0 fully saturated rings. The minimum atomic E-state index is 1.31. The van der Waals surface area contributed by atoms with Crippen LogP contribution in [0.15, 0.2) is 121 Å². The van der Waals surface area contributed by atoms with Crippen LogP contribution in [-0.2, 0) is 0 Å². The summed E-state index contributed by atoms with van der Waals surface area (Å²) in [5.41, 5.74) is 5.50. The third kappa shape index (κ3) is 2.69. The largest absolute Gasteiger partial charge is 0.0616 e. The van der Waals surface area contributed by atoms with Crippen molar-refractivity contribution in [3.63, 3.8) is 0 Å². The summed E-state index contributed by atoms with van der Waals surface area (Å²) in [6.07, 6.45) is 0. The second-order valence-electron chi connectivity index (χ2n) is 7.80. The van der Waals surface area contributed by atoms with Gasteiger partial charge in [-0.2, -0.15) is 0 Å². The van der Waals surface area contributed by atoms with Crippen LogP contribution >= 0.6 is 0 Å². The van der Waals surface area contributed by atoms with Gasteiger partial charge in [0.1, 0.15) is 0 Å². The van der Waals surface area contributed by atoms with Gasteiger partial charge < -0.3 is 0 Å². The predicted molar refractivity (Wildman–Crippen MR) is 130 cm³/mol. The van der Waals surface area contributed by atoms with E-state index in [0.717, 1.165) is 0 Å². The third-order valence-electron chi connectivity index (χ3n) is 6.03. The van der Waals surface area contributed by atoms with Gasteiger partial charge in [-0.1, -0.05) is 109 Å². The van der Waals surface area contributed by atoms with E-state index in [1.807, 2.05) is 0 Å². The number of rotatable bonds is 0. The molecule has 0 heteroatoms. The van der Waals surface area contributed by atoms with Crippen molar-refractivity contribution in [2.45, 2.75) is 0 Å². The van der Waals surface area contributed by atoms with E-state index >= 15 is 0 Å². The van der Waals surface area contributed by atoms with E-state index in [4.69, 9.17) is 0 Å². The Labute approximate surface area is 176 Å². The minimum absolute atomic E-state index is 1.31. The summed E-state index contributed by atoms with van der Waals surface area (Å²) in [6, 6.07) is 43.2. The van der Waals surface area contributed by atoms with Gasteiger partial charge in [-0.15, -0.1) is 0 Å². The van der Waals surface area contributed by atoms with E-state index in [9.17, 15) is 0 Å². The van der Waals surface area contributed by atoms with Crippen molar-refractivity contribution in [1.29, 1.82) is 0 Å². The summed E-state index contributed by atoms with van der Waals surface area (Å²) < 4.78 is 0. The van der Waals surface area contributed by atoms with Crippen LogP contribution in [-0.4, -0.2) is 0 Å². The van der Waals surface area contributed by atoms with E-state index in [1.165, 1.54) is 54.6 Å². The molecule has 140 valence electrons. The highest BCUT2D eigenvalue weighted by molar-refractivity contribution is 6.15. The molecule has 0 N–H and O–H groups in total. The molecule has 30 heavy (non-hydrogen) atoms. The van der Waals surface area contributed by atoms with Crippen molar-refractivity contribution in [3.05, 3.63) is 121 Å². The Morgan fingerprint density at radius 2 is 0.600 bits per heavy atom. The molecule has 0 saturated carbocycles. The molecule has 0 unspecified atom stereocenters. The van der Waals surface area contributed by atoms with Crippen LogP contribution in [0.25, 0.3) is 54.6 Å². The molecule has 0 heterocycles. The molecular weight excluding hydrogens is 360 g/mol. The van der Waals surface area contributed by atoms with Crippen LogP contribution in [0.2, 0.25) is 0 Å². The molecule has 0 radical (unpaired) electrons. The smallest absolute Gasteiger partial charge is 0.00264 e. The average molecular weight is 380 g/mol. The van der Waals surface area contributed by atoms with Gasteiger partial charge in [0.05, 0.1) is 0 Å². The van der Waals surface area contributed by atoms with Crippen LogP contribution in [0.4, 0.5) is 0 Å². The van der Waals surface area contributed by atoms with Crippen molar-refractivity contribution >= 4 is 32.3 Å². The maximum Gasteiger partial charge on any atom is -0.00264 e. The van der Waals surface area contributed by atoms with Gasteiger partial charge in [-0.25, -0.2) is 0 Å². The predicted octanol–water partition coefficient (Wildman–Crippen LogP) is 8.48. The summed E-state index contributed by atoms with van der Waals surface area (Å²) >= 11 is 0. The van der Waals surface area contributed by atoms with E-state index in [-0.39, 0.29) is 0 Å². The Kier molecular flexibility index (Phi) is 3.89. The molecule has 0 nitrogen and oxygen atoms in total. The first-order chi connectivity index (χ1) is 14.9.